The first-order valence-corrected chi connectivity index (χ1v) is 6.43. The third-order valence-corrected chi connectivity index (χ3v) is 3.33. The molecule has 0 unspecified atom stereocenters. The Balaban J connectivity index is 2.30. The largest absolute Gasteiger partial charge is 0.508 e. The first-order chi connectivity index (χ1) is 9.38. The maximum absolute atomic E-state index is 13.6. The topological polar surface area (TPSA) is 49.3 Å². The van der Waals surface area contributed by atoms with Gasteiger partial charge in [0, 0.05) is 16.1 Å². The minimum atomic E-state index is -0.874. The van der Waals surface area contributed by atoms with Crippen LogP contribution in [0.25, 0.3) is 0 Å². The van der Waals surface area contributed by atoms with Crippen LogP contribution in [0, 0.1) is 18.6 Å². The lowest BCUT2D eigenvalue weighted by Gasteiger charge is -2.09. The van der Waals surface area contributed by atoms with Crippen molar-refractivity contribution in [2.24, 2.45) is 0 Å². The Bertz CT molecular complexity index is 666. The van der Waals surface area contributed by atoms with Crippen LogP contribution in [0.3, 0.4) is 0 Å². The van der Waals surface area contributed by atoms with Gasteiger partial charge >= 0.3 is 0 Å². The number of aromatic hydroxyl groups is 1. The van der Waals surface area contributed by atoms with Crippen LogP contribution in [-0.2, 0) is 0 Å². The fourth-order valence-electron chi connectivity index (χ4n) is 1.64. The molecule has 0 heterocycles. The van der Waals surface area contributed by atoms with Crippen molar-refractivity contribution in [3.05, 3.63) is 57.6 Å². The lowest BCUT2D eigenvalue weighted by molar-refractivity contribution is 0.102. The molecule has 0 aliphatic carbocycles. The molecule has 0 bridgehead atoms. The van der Waals surface area contributed by atoms with Gasteiger partial charge in [-0.3, -0.25) is 4.79 Å². The van der Waals surface area contributed by atoms with Crippen LogP contribution < -0.4 is 5.32 Å². The number of halogens is 3. The van der Waals surface area contributed by atoms with Crippen molar-refractivity contribution in [1.29, 1.82) is 0 Å². The van der Waals surface area contributed by atoms with Crippen LogP contribution in [0.4, 0.5) is 14.5 Å². The van der Waals surface area contributed by atoms with Gasteiger partial charge in [0.1, 0.15) is 11.6 Å². The molecule has 2 aromatic rings. The van der Waals surface area contributed by atoms with Crippen molar-refractivity contribution in [2.75, 3.05) is 5.32 Å². The molecule has 0 saturated carbocycles. The van der Waals surface area contributed by atoms with Crippen LogP contribution >= 0.6 is 15.9 Å². The van der Waals surface area contributed by atoms with Crippen LogP contribution in [0.2, 0.25) is 0 Å². The summed E-state index contributed by atoms with van der Waals surface area (Å²) >= 11 is 2.99. The predicted molar refractivity (Wildman–Crippen MR) is 74.9 cm³/mol. The smallest absolute Gasteiger partial charge is 0.255 e. The lowest BCUT2D eigenvalue weighted by Crippen LogP contribution is -2.13. The van der Waals surface area contributed by atoms with Gasteiger partial charge in [0.15, 0.2) is 5.82 Å². The average molecular weight is 342 g/mol. The number of amides is 1. The number of benzene rings is 2. The Morgan fingerprint density at radius 1 is 1.25 bits per heavy atom. The van der Waals surface area contributed by atoms with E-state index in [-0.39, 0.29) is 21.5 Å². The molecule has 6 heteroatoms. The highest BCUT2D eigenvalue weighted by molar-refractivity contribution is 9.10. The van der Waals surface area contributed by atoms with Crippen molar-refractivity contribution >= 4 is 27.5 Å². The van der Waals surface area contributed by atoms with Gasteiger partial charge in [0.2, 0.25) is 0 Å². The third-order valence-electron chi connectivity index (χ3n) is 2.70. The second kappa shape index (κ2) is 5.58. The van der Waals surface area contributed by atoms with Gasteiger partial charge in [-0.25, -0.2) is 8.78 Å². The number of anilines is 1. The summed E-state index contributed by atoms with van der Waals surface area (Å²) in [5, 5.41) is 11.8. The van der Waals surface area contributed by atoms with Gasteiger partial charge in [0.25, 0.3) is 5.91 Å². The van der Waals surface area contributed by atoms with E-state index >= 15 is 0 Å². The minimum absolute atomic E-state index is 0.0655. The summed E-state index contributed by atoms with van der Waals surface area (Å²) in [4.78, 5) is 12.0. The van der Waals surface area contributed by atoms with Gasteiger partial charge < -0.3 is 10.4 Å². The molecule has 0 saturated heterocycles. The molecule has 0 radical (unpaired) electrons. The Hall–Kier alpha value is -1.95. The summed E-state index contributed by atoms with van der Waals surface area (Å²) in [6.07, 6.45) is 0. The fraction of sp³-hybridized carbons (Fsp3) is 0.0714. The maximum atomic E-state index is 13.6. The number of phenols is 1. The number of phenolic OH excluding ortho intramolecular Hbond substituents is 1. The summed E-state index contributed by atoms with van der Waals surface area (Å²) < 4.78 is 26.7. The zero-order valence-electron chi connectivity index (χ0n) is 10.4. The molecule has 0 spiro atoms. The van der Waals surface area contributed by atoms with Gasteiger partial charge in [-0.15, -0.1) is 0 Å². The zero-order valence-corrected chi connectivity index (χ0v) is 12.0. The first kappa shape index (κ1) is 14.5. The van der Waals surface area contributed by atoms with Crippen molar-refractivity contribution in [2.45, 2.75) is 6.92 Å². The number of hydrogen-bond donors (Lipinski definition) is 2. The molecule has 0 fully saturated rings. The van der Waals surface area contributed by atoms with Crippen LogP contribution in [0.1, 0.15) is 15.9 Å². The number of rotatable bonds is 2. The quantitative estimate of drug-likeness (QED) is 0.867. The highest BCUT2D eigenvalue weighted by Crippen LogP contribution is 2.27. The van der Waals surface area contributed by atoms with Gasteiger partial charge in [-0.2, -0.15) is 0 Å². The number of carbonyl (C=O) groups excluding carboxylic acids is 1. The van der Waals surface area contributed by atoms with Crippen molar-refractivity contribution in [1.82, 2.24) is 0 Å². The monoisotopic (exact) mass is 341 g/mol. The van der Waals surface area contributed by atoms with Crippen molar-refractivity contribution < 1.29 is 18.7 Å². The van der Waals surface area contributed by atoms with Crippen molar-refractivity contribution in [3.63, 3.8) is 0 Å². The molecular formula is C14H10BrF2NO2. The summed E-state index contributed by atoms with van der Waals surface area (Å²) in [5.74, 6) is -2.11. The Labute approximate surface area is 122 Å². The van der Waals surface area contributed by atoms with Crippen LogP contribution in [0.5, 0.6) is 5.75 Å². The Morgan fingerprint density at radius 3 is 2.55 bits per heavy atom. The van der Waals surface area contributed by atoms with Crippen LogP contribution in [-0.4, -0.2) is 11.0 Å². The van der Waals surface area contributed by atoms with Crippen molar-refractivity contribution in [3.8, 4) is 5.75 Å². The highest BCUT2D eigenvalue weighted by atomic mass is 79.9. The van der Waals surface area contributed by atoms with Gasteiger partial charge in [-0.1, -0.05) is 0 Å². The van der Waals surface area contributed by atoms with E-state index in [1.165, 1.54) is 18.2 Å². The fourth-order valence-corrected chi connectivity index (χ4v) is 2.15. The maximum Gasteiger partial charge on any atom is 0.255 e. The molecule has 104 valence electrons. The van der Waals surface area contributed by atoms with Crippen LogP contribution in [0.15, 0.2) is 34.8 Å². The van der Waals surface area contributed by atoms with Gasteiger partial charge in [-0.05, 0) is 52.7 Å². The molecule has 3 nitrogen and oxygen atoms in total. The summed E-state index contributed by atoms with van der Waals surface area (Å²) in [6.45, 7) is 1.64. The standard InChI is InChI=1S/C14H10BrF2NO2/c1-7-4-8(2-3-12(7)19)14(20)18-13-10(15)5-9(16)6-11(13)17/h2-6,19H,1H3,(H,18,20). The molecule has 0 aliphatic rings. The van der Waals surface area contributed by atoms with E-state index in [0.29, 0.717) is 11.6 Å². The molecule has 20 heavy (non-hydrogen) atoms. The average Bonchev–Trinajstić information content (AvgIpc) is 2.36. The van der Waals surface area contributed by atoms with E-state index in [4.69, 9.17) is 0 Å². The van der Waals surface area contributed by atoms with Gasteiger partial charge in [0.05, 0.1) is 5.69 Å². The molecule has 1 amide bonds. The minimum Gasteiger partial charge on any atom is -0.508 e. The molecule has 2 aromatic carbocycles. The molecule has 0 aliphatic heterocycles. The number of carbonyl (C=O) groups is 1. The molecule has 2 N–H and O–H groups in total. The molecule has 2 rings (SSSR count). The zero-order chi connectivity index (χ0) is 14.9. The number of aryl methyl sites for hydroxylation is 1. The summed E-state index contributed by atoms with van der Waals surface area (Å²) in [5.41, 5.74) is 0.648. The van der Waals surface area contributed by atoms with E-state index in [2.05, 4.69) is 21.2 Å². The third kappa shape index (κ3) is 2.96. The molecule has 0 aromatic heterocycles. The lowest BCUT2D eigenvalue weighted by atomic mass is 10.1. The summed E-state index contributed by atoms with van der Waals surface area (Å²) in [6, 6.07) is 6.00. The number of hydrogen-bond acceptors (Lipinski definition) is 2. The number of nitrogens with one attached hydrogen (secondary N) is 1. The van der Waals surface area contributed by atoms with E-state index < -0.39 is 17.5 Å². The first-order valence-electron chi connectivity index (χ1n) is 5.64. The van der Waals surface area contributed by atoms with E-state index in [0.717, 1.165) is 6.07 Å². The van der Waals surface area contributed by atoms with E-state index in [1.807, 2.05) is 0 Å². The second-order valence-electron chi connectivity index (χ2n) is 4.20. The summed E-state index contributed by atoms with van der Waals surface area (Å²) in [7, 11) is 0. The normalized spacial score (nSPS) is 10.4. The molecule has 0 atom stereocenters. The highest BCUT2D eigenvalue weighted by Gasteiger charge is 2.14. The second-order valence-corrected chi connectivity index (χ2v) is 5.05. The Kier molecular flexibility index (Phi) is 4.04. The van der Waals surface area contributed by atoms with E-state index in [9.17, 15) is 18.7 Å². The SMILES string of the molecule is Cc1cc(C(=O)Nc2c(F)cc(F)cc2Br)ccc1O. The predicted octanol–water partition coefficient (Wildman–Crippen LogP) is 3.99. The molecular weight excluding hydrogens is 332 g/mol. The van der Waals surface area contributed by atoms with E-state index in [1.54, 1.807) is 6.92 Å². The Morgan fingerprint density at radius 2 is 1.95 bits per heavy atom.